The first-order chi connectivity index (χ1) is 19.2. The van der Waals surface area contributed by atoms with Gasteiger partial charge < -0.3 is 30.5 Å². The molecule has 3 aromatic rings. The van der Waals surface area contributed by atoms with Gasteiger partial charge in [-0.3, -0.25) is 9.59 Å². The Balaban J connectivity index is 1.67. The summed E-state index contributed by atoms with van der Waals surface area (Å²) in [5, 5.41) is 19.3. The summed E-state index contributed by atoms with van der Waals surface area (Å²) in [6, 6.07) is 15.0. The molecule has 2 atom stereocenters. The third-order valence-corrected chi connectivity index (χ3v) is 6.34. The van der Waals surface area contributed by atoms with E-state index in [1.165, 1.54) is 19.8 Å². The van der Waals surface area contributed by atoms with Crippen molar-refractivity contribution in [2.24, 2.45) is 0 Å². The molecule has 0 heterocycles. The lowest BCUT2D eigenvalue weighted by molar-refractivity contribution is -0.121. The Morgan fingerprint density at radius 3 is 2.15 bits per heavy atom. The number of amides is 2. The van der Waals surface area contributed by atoms with Crippen LogP contribution in [-0.2, 0) is 24.2 Å². The predicted octanol–water partition coefficient (Wildman–Crippen LogP) is 3.15. The Morgan fingerprint density at radius 2 is 1.52 bits per heavy atom. The fraction of sp³-hybridized carbons (Fsp3) is 0.333. The van der Waals surface area contributed by atoms with Crippen LogP contribution in [0.15, 0.2) is 60.7 Å². The minimum atomic E-state index is -1.10. The lowest BCUT2D eigenvalue weighted by Crippen LogP contribution is -2.51. The van der Waals surface area contributed by atoms with Crippen molar-refractivity contribution in [1.82, 2.24) is 16.0 Å². The summed E-state index contributed by atoms with van der Waals surface area (Å²) < 4.78 is 38.1. The number of nitrogens with one attached hydrogen (secondary N) is 3. The van der Waals surface area contributed by atoms with Gasteiger partial charge in [0.2, 0.25) is 5.91 Å². The highest BCUT2D eigenvalue weighted by molar-refractivity contribution is 6.01. The molecule has 40 heavy (non-hydrogen) atoms. The number of hydrogen-bond donors (Lipinski definition) is 4. The number of rotatable bonds is 14. The number of carbonyl (C=O) groups is 2. The van der Waals surface area contributed by atoms with Crippen LogP contribution in [0, 0.1) is 11.6 Å². The molecule has 0 radical (unpaired) electrons. The highest BCUT2D eigenvalue weighted by Crippen LogP contribution is 2.27. The molecule has 0 aliphatic rings. The molecule has 0 fully saturated rings. The molecule has 4 N–H and O–H groups in total. The summed E-state index contributed by atoms with van der Waals surface area (Å²) >= 11 is 0. The van der Waals surface area contributed by atoms with Gasteiger partial charge >= 0.3 is 0 Å². The number of ether oxygens (including phenoxy) is 2. The number of aliphatic hydroxyl groups excluding tert-OH is 1. The van der Waals surface area contributed by atoms with Gasteiger partial charge in [0, 0.05) is 19.2 Å². The molecule has 3 rings (SSSR count). The fourth-order valence-corrected chi connectivity index (χ4v) is 4.31. The van der Waals surface area contributed by atoms with Crippen LogP contribution in [0.2, 0.25) is 0 Å². The molecule has 0 aliphatic carbocycles. The van der Waals surface area contributed by atoms with E-state index >= 15 is 0 Å². The third-order valence-electron chi connectivity index (χ3n) is 6.34. The van der Waals surface area contributed by atoms with Gasteiger partial charge in [-0.15, -0.1) is 0 Å². The SMILES string of the molecule is CCc1cccc(CNCC(O)C(Cc2cc(F)cc(F)c2)NC(=O)CNC(=O)c2c(OC)cccc2OC)c1. The Kier molecular flexibility index (Phi) is 11.4. The predicted molar refractivity (Wildman–Crippen MR) is 147 cm³/mol. The van der Waals surface area contributed by atoms with Crippen molar-refractivity contribution in [3.8, 4) is 11.5 Å². The average molecular weight is 556 g/mol. The van der Waals surface area contributed by atoms with E-state index in [0.717, 1.165) is 30.2 Å². The van der Waals surface area contributed by atoms with E-state index in [9.17, 15) is 23.5 Å². The van der Waals surface area contributed by atoms with Gasteiger partial charge in [-0.1, -0.05) is 37.3 Å². The first-order valence-corrected chi connectivity index (χ1v) is 12.9. The van der Waals surface area contributed by atoms with Gasteiger partial charge in [0.1, 0.15) is 28.7 Å². The zero-order valence-electron chi connectivity index (χ0n) is 22.8. The van der Waals surface area contributed by atoms with Crippen LogP contribution in [0.5, 0.6) is 11.5 Å². The van der Waals surface area contributed by atoms with Crippen molar-refractivity contribution in [2.45, 2.75) is 38.5 Å². The molecule has 0 saturated carbocycles. The van der Waals surface area contributed by atoms with Gasteiger partial charge in [0.05, 0.1) is 32.9 Å². The molecular formula is C30H35F2N3O5. The third kappa shape index (κ3) is 8.75. The molecule has 0 spiro atoms. The smallest absolute Gasteiger partial charge is 0.259 e. The van der Waals surface area contributed by atoms with Crippen LogP contribution in [0.4, 0.5) is 8.78 Å². The van der Waals surface area contributed by atoms with Gasteiger partial charge in [-0.05, 0) is 53.8 Å². The van der Waals surface area contributed by atoms with Gasteiger partial charge in [0.25, 0.3) is 5.91 Å². The zero-order valence-corrected chi connectivity index (χ0v) is 22.8. The van der Waals surface area contributed by atoms with E-state index in [2.05, 4.69) is 28.9 Å². The van der Waals surface area contributed by atoms with Gasteiger partial charge in [0.15, 0.2) is 0 Å². The second-order valence-electron chi connectivity index (χ2n) is 9.25. The highest BCUT2D eigenvalue weighted by atomic mass is 19.1. The molecule has 8 nitrogen and oxygen atoms in total. The van der Waals surface area contributed by atoms with E-state index < -0.39 is 42.1 Å². The number of hydrogen-bond acceptors (Lipinski definition) is 6. The molecule has 10 heteroatoms. The maximum Gasteiger partial charge on any atom is 0.259 e. The van der Waals surface area contributed by atoms with Crippen LogP contribution in [0.25, 0.3) is 0 Å². The number of halogens is 2. The zero-order chi connectivity index (χ0) is 29.1. The van der Waals surface area contributed by atoms with E-state index in [-0.39, 0.29) is 35.6 Å². The number of aliphatic hydroxyl groups is 1. The van der Waals surface area contributed by atoms with E-state index in [4.69, 9.17) is 9.47 Å². The number of aryl methyl sites for hydroxylation is 1. The lowest BCUT2D eigenvalue weighted by Gasteiger charge is -2.25. The van der Waals surface area contributed by atoms with Crippen molar-refractivity contribution >= 4 is 11.8 Å². The van der Waals surface area contributed by atoms with Crippen molar-refractivity contribution in [3.63, 3.8) is 0 Å². The second-order valence-corrected chi connectivity index (χ2v) is 9.25. The molecule has 3 aromatic carbocycles. The van der Waals surface area contributed by atoms with Crippen molar-refractivity contribution in [3.05, 3.63) is 94.6 Å². The van der Waals surface area contributed by atoms with Crippen molar-refractivity contribution in [1.29, 1.82) is 0 Å². The number of benzene rings is 3. The summed E-state index contributed by atoms with van der Waals surface area (Å²) in [7, 11) is 2.82. The van der Waals surface area contributed by atoms with Crippen LogP contribution in [0.1, 0.15) is 34.0 Å². The lowest BCUT2D eigenvalue weighted by atomic mass is 10.0. The normalized spacial score (nSPS) is 12.3. The van der Waals surface area contributed by atoms with Crippen LogP contribution in [-0.4, -0.2) is 56.4 Å². The maximum absolute atomic E-state index is 13.8. The molecule has 0 aromatic heterocycles. The number of carbonyl (C=O) groups excluding carboxylic acids is 2. The molecule has 0 bridgehead atoms. The maximum atomic E-state index is 13.8. The highest BCUT2D eigenvalue weighted by Gasteiger charge is 2.24. The summed E-state index contributed by atoms with van der Waals surface area (Å²) in [5.41, 5.74) is 2.61. The monoisotopic (exact) mass is 555 g/mol. The summed E-state index contributed by atoms with van der Waals surface area (Å²) in [5.74, 6) is -2.17. The molecule has 2 amide bonds. The second kappa shape index (κ2) is 14.9. The molecule has 0 saturated heterocycles. The summed E-state index contributed by atoms with van der Waals surface area (Å²) in [6.45, 7) is 2.23. The van der Waals surface area contributed by atoms with E-state index in [0.29, 0.717) is 6.54 Å². The fourth-order valence-electron chi connectivity index (χ4n) is 4.31. The Hall–Kier alpha value is -4.02. The molecule has 2 unspecified atom stereocenters. The van der Waals surface area contributed by atoms with Crippen LogP contribution < -0.4 is 25.4 Å². The molecular weight excluding hydrogens is 520 g/mol. The minimum Gasteiger partial charge on any atom is -0.496 e. The number of methoxy groups -OCH3 is 2. The first-order valence-electron chi connectivity index (χ1n) is 12.9. The van der Waals surface area contributed by atoms with Crippen LogP contribution in [0.3, 0.4) is 0 Å². The molecule has 214 valence electrons. The topological polar surface area (TPSA) is 109 Å². The van der Waals surface area contributed by atoms with Gasteiger partial charge in [-0.2, -0.15) is 0 Å². The minimum absolute atomic E-state index is 0.0388. The van der Waals surface area contributed by atoms with Gasteiger partial charge in [-0.25, -0.2) is 8.78 Å². The van der Waals surface area contributed by atoms with Crippen molar-refractivity contribution < 1.29 is 33.0 Å². The summed E-state index contributed by atoms with van der Waals surface area (Å²) in [6.07, 6.45) is -0.243. The van der Waals surface area contributed by atoms with E-state index in [1.807, 2.05) is 18.2 Å². The Bertz CT molecular complexity index is 1260. The summed E-state index contributed by atoms with van der Waals surface area (Å²) in [4.78, 5) is 25.6. The quantitative estimate of drug-likeness (QED) is 0.243. The Labute approximate surface area is 232 Å². The Morgan fingerprint density at radius 1 is 0.900 bits per heavy atom. The average Bonchev–Trinajstić information content (AvgIpc) is 2.94. The van der Waals surface area contributed by atoms with Crippen molar-refractivity contribution in [2.75, 3.05) is 27.3 Å². The first kappa shape index (κ1) is 30.5. The van der Waals surface area contributed by atoms with E-state index in [1.54, 1.807) is 18.2 Å². The standard InChI is InChI=1S/C30H35F2N3O5/c1-4-19-7-5-8-20(11-19)16-33-17-25(36)24(14-21-12-22(31)15-23(32)13-21)35-28(37)18-34-30(38)29-26(39-2)9-6-10-27(29)40-3/h5-13,15,24-25,33,36H,4,14,16-18H2,1-3H3,(H,34,38)(H,35,37). The molecule has 0 aliphatic heterocycles. The van der Waals surface area contributed by atoms with Crippen LogP contribution >= 0.6 is 0 Å². The largest absolute Gasteiger partial charge is 0.496 e.